The molecule has 3 amide bonds. The smallest absolute Gasteiger partial charge is 0.326 e. The number of hydrogen-bond donors (Lipinski definition) is 8. The second kappa shape index (κ2) is 16.5. The van der Waals surface area contributed by atoms with Crippen molar-refractivity contribution in [2.75, 3.05) is 25.1 Å². The number of nitrogens with zero attached hydrogens (tertiary/aromatic N) is 1. The van der Waals surface area contributed by atoms with Crippen LogP contribution in [0.5, 0.6) is 0 Å². The van der Waals surface area contributed by atoms with Crippen LogP contribution in [0.25, 0.3) is 0 Å². The van der Waals surface area contributed by atoms with Crippen LogP contribution < -0.4 is 33.2 Å². The highest BCUT2D eigenvalue weighted by molar-refractivity contribution is 7.98. The zero-order chi connectivity index (χ0) is 25.4. The van der Waals surface area contributed by atoms with Crippen LogP contribution in [-0.4, -0.2) is 89.1 Å². The van der Waals surface area contributed by atoms with Crippen LogP contribution in [0.1, 0.15) is 32.1 Å². The van der Waals surface area contributed by atoms with Crippen LogP contribution >= 0.6 is 11.8 Å². The molecular formula is C18H33N7O7S. The number of nitrogens with one attached hydrogen (secondary N) is 3. The van der Waals surface area contributed by atoms with E-state index in [9.17, 15) is 29.1 Å². The summed E-state index contributed by atoms with van der Waals surface area (Å²) in [7, 11) is 0. The lowest BCUT2D eigenvalue weighted by Gasteiger charge is -2.24. The van der Waals surface area contributed by atoms with Gasteiger partial charge in [0.25, 0.3) is 0 Å². The summed E-state index contributed by atoms with van der Waals surface area (Å²) >= 11 is 1.45. The number of guanidine groups is 1. The van der Waals surface area contributed by atoms with Gasteiger partial charge in [0.15, 0.2) is 5.96 Å². The number of aliphatic imine (C=N–C) groups is 1. The van der Waals surface area contributed by atoms with Gasteiger partial charge in [0, 0.05) is 13.0 Å². The van der Waals surface area contributed by atoms with Gasteiger partial charge < -0.3 is 43.4 Å². The molecule has 0 rings (SSSR count). The largest absolute Gasteiger partial charge is 0.481 e. The number of rotatable bonds is 17. The number of thioether (sulfide) groups is 1. The van der Waals surface area contributed by atoms with Crippen LogP contribution in [0.2, 0.25) is 0 Å². The first kappa shape index (κ1) is 29.9. The lowest BCUT2D eigenvalue weighted by molar-refractivity contribution is -0.143. The van der Waals surface area contributed by atoms with E-state index in [-0.39, 0.29) is 44.7 Å². The Morgan fingerprint density at radius 3 is 1.97 bits per heavy atom. The number of aliphatic carboxylic acids is 2. The fourth-order valence-electron chi connectivity index (χ4n) is 2.60. The molecule has 0 spiro atoms. The van der Waals surface area contributed by atoms with Gasteiger partial charge in [-0.05, 0) is 37.7 Å². The monoisotopic (exact) mass is 491 g/mol. The fraction of sp³-hybridized carbons (Fsp3) is 0.667. The van der Waals surface area contributed by atoms with Gasteiger partial charge in [-0.15, -0.1) is 0 Å². The molecule has 14 nitrogen and oxygen atoms in total. The molecule has 0 bridgehead atoms. The Kier molecular flexibility index (Phi) is 15.0. The Morgan fingerprint density at radius 1 is 0.909 bits per heavy atom. The highest BCUT2D eigenvalue weighted by Gasteiger charge is 2.29. The van der Waals surface area contributed by atoms with E-state index in [0.717, 1.165) is 0 Å². The van der Waals surface area contributed by atoms with Crippen LogP contribution in [0, 0.1) is 0 Å². The molecule has 0 aliphatic rings. The molecule has 0 heterocycles. The van der Waals surface area contributed by atoms with Crippen molar-refractivity contribution in [3.8, 4) is 0 Å². The maximum atomic E-state index is 12.8. The average molecular weight is 492 g/mol. The van der Waals surface area contributed by atoms with Crippen molar-refractivity contribution in [1.29, 1.82) is 0 Å². The molecule has 11 N–H and O–H groups in total. The third-order valence-corrected chi connectivity index (χ3v) is 4.93. The van der Waals surface area contributed by atoms with E-state index in [1.54, 1.807) is 0 Å². The molecule has 0 aliphatic carbocycles. The minimum atomic E-state index is -1.46. The molecule has 15 heteroatoms. The van der Waals surface area contributed by atoms with E-state index in [2.05, 4.69) is 20.9 Å². The molecule has 3 unspecified atom stereocenters. The van der Waals surface area contributed by atoms with Gasteiger partial charge in [-0.25, -0.2) is 4.79 Å². The number of carbonyl (C=O) groups excluding carboxylic acids is 3. The van der Waals surface area contributed by atoms with E-state index in [0.29, 0.717) is 5.75 Å². The Hall–Kier alpha value is -3.07. The number of amides is 3. The van der Waals surface area contributed by atoms with E-state index in [1.165, 1.54) is 11.8 Å². The molecule has 0 aromatic rings. The molecule has 0 radical (unpaired) electrons. The zero-order valence-electron chi connectivity index (χ0n) is 18.4. The van der Waals surface area contributed by atoms with E-state index in [1.807, 2.05) is 6.26 Å². The Balaban J connectivity index is 5.45. The summed E-state index contributed by atoms with van der Waals surface area (Å²) in [5, 5.41) is 25.3. The zero-order valence-corrected chi connectivity index (χ0v) is 19.2. The molecule has 188 valence electrons. The van der Waals surface area contributed by atoms with Crippen LogP contribution in [0.4, 0.5) is 0 Å². The summed E-state index contributed by atoms with van der Waals surface area (Å²) in [6.07, 6.45) is 1.61. The molecule has 0 aromatic carbocycles. The van der Waals surface area contributed by atoms with Gasteiger partial charge in [0.1, 0.15) is 18.1 Å². The Labute approximate surface area is 195 Å². The van der Waals surface area contributed by atoms with E-state index >= 15 is 0 Å². The average Bonchev–Trinajstić information content (AvgIpc) is 2.74. The number of carbonyl (C=O) groups is 5. The summed E-state index contributed by atoms with van der Waals surface area (Å²) in [5.74, 6) is -4.26. The molecule has 0 fully saturated rings. The molecular weight excluding hydrogens is 458 g/mol. The fourth-order valence-corrected chi connectivity index (χ4v) is 3.07. The minimum absolute atomic E-state index is 0.0553. The third kappa shape index (κ3) is 13.8. The van der Waals surface area contributed by atoms with E-state index in [4.69, 9.17) is 22.3 Å². The second-order valence-electron chi connectivity index (χ2n) is 6.95. The van der Waals surface area contributed by atoms with Crippen molar-refractivity contribution in [1.82, 2.24) is 16.0 Å². The number of carboxylic acids is 2. The number of carboxylic acid groups (broad SMARTS) is 2. The van der Waals surface area contributed by atoms with Crippen molar-refractivity contribution >= 4 is 47.4 Å². The van der Waals surface area contributed by atoms with Gasteiger partial charge >= 0.3 is 11.9 Å². The van der Waals surface area contributed by atoms with Crippen molar-refractivity contribution in [2.45, 2.75) is 50.2 Å². The molecule has 0 saturated carbocycles. The topological polar surface area (TPSA) is 252 Å². The Morgan fingerprint density at radius 2 is 1.48 bits per heavy atom. The lowest BCUT2D eigenvalue weighted by Crippen LogP contribution is -2.56. The van der Waals surface area contributed by atoms with Gasteiger partial charge in [-0.2, -0.15) is 11.8 Å². The number of nitrogens with two attached hydrogens (primary N) is 3. The molecule has 33 heavy (non-hydrogen) atoms. The first-order valence-electron chi connectivity index (χ1n) is 10.1. The van der Waals surface area contributed by atoms with Gasteiger partial charge in [0.2, 0.25) is 17.7 Å². The molecule has 0 saturated heterocycles. The first-order chi connectivity index (χ1) is 15.5. The van der Waals surface area contributed by atoms with Crippen LogP contribution in [-0.2, 0) is 24.0 Å². The quantitative estimate of drug-likeness (QED) is 0.0584. The van der Waals surface area contributed by atoms with Crippen molar-refractivity contribution in [3.05, 3.63) is 0 Å². The third-order valence-electron chi connectivity index (χ3n) is 4.29. The minimum Gasteiger partial charge on any atom is -0.481 e. The molecule has 0 aliphatic heterocycles. The second-order valence-corrected chi connectivity index (χ2v) is 7.93. The first-order valence-corrected chi connectivity index (χ1v) is 11.5. The highest BCUT2D eigenvalue weighted by Crippen LogP contribution is 2.06. The summed E-state index contributed by atoms with van der Waals surface area (Å²) in [6.45, 7) is -0.168. The summed E-state index contributed by atoms with van der Waals surface area (Å²) in [5.41, 5.74) is 15.8. The SMILES string of the molecule is CSCCC(NC(=O)CN)C(=O)NC(CCCN=C(N)N)C(=O)NC(CCC(=O)O)C(=O)O. The lowest BCUT2D eigenvalue weighted by atomic mass is 10.1. The van der Waals surface area contributed by atoms with Gasteiger partial charge in [0.05, 0.1) is 6.54 Å². The number of hydrogen-bond acceptors (Lipinski definition) is 8. The van der Waals surface area contributed by atoms with E-state index < -0.39 is 54.2 Å². The summed E-state index contributed by atoms with van der Waals surface area (Å²) in [4.78, 5) is 63.2. The standard InChI is InChI=1S/C18H33N7O7S/c1-33-8-6-11(23-13(26)9-19)16(30)24-10(3-2-7-22-18(20)21)15(29)25-12(17(31)32)4-5-14(27)28/h10-12H,2-9,19H2,1H3,(H,23,26)(H,24,30)(H,25,29)(H,27,28)(H,31,32)(H4,20,21,22). The van der Waals surface area contributed by atoms with Crippen molar-refractivity contribution in [2.24, 2.45) is 22.2 Å². The molecule has 0 aromatic heterocycles. The normalized spacial score (nSPS) is 13.2. The van der Waals surface area contributed by atoms with Crippen LogP contribution in [0.3, 0.4) is 0 Å². The van der Waals surface area contributed by atoms with Crippen LogP contribution in [0.15, 0.2) is 4.99 Å². The highest BCUT2D eigenvalue weighted by atomic mass is 32.2. The van der Waals surface area contributed by atoms with Gasteiger partial charge in [-0.1, -0.05) is 0 Å². The summed E-state index contributed by atoms with van der Waals surface area (Å²) in [6, 6.07) is -3.59. The maximum Gasteiger partial charge on any atom is 0.326 e. The summed E-state index contributed by atoms with van der Waals surface area (Å²) < 4.78 is 0. The maximum absolute atomic E-state index is 12.8. The predicted molar refractivity (Wildman–Crippen MR) is 122 cm³/mol. The molecule has 3 atom stereocenters. The Bertz CT molecular complexity index is 716. The van der Waals surface area contributed by atoms with Crippen molar-refractivity contribution in [3.63, 3.8) is 0 Å². The predicted octanol–water partition coefficient (Wildman–Crippen LogP) is -2.84. The van der Waals surface area contributed by atoms with Gasteiger partial charge in [-0.3, -0.25) is 24.2 Å². The van der Waals surface area contributed by atoms with Crippen molar-refractivity contribution < 1.29 is 34.2 Å².